The summed E-state index contributed by atoms with van der Waals surface area (Å²) in [7, 11) is 0. The third-order valence-electron chi connectivity index (χ3n) is 2.17. The second-order valence-electron chi connectivity index (χ2n) is 3.08. The Morgan fingerprint density at radius 3 is 3.00 bits per heavy atom. The molecule has 60 valence electrons. The average molecular weight is 159 g/mol. The summed E-state index contributed by atoms with van der Waals surface area (Å²) in [5.41, 5.74) is 0. The Hall–Kier alpha value is 0.310. The molecule has 1 aliphatic rings. The van der Waals surface area contributed by atoms with Gasteiger partial charge in [0, 0.05) is 0 Å². The maximum atomic E-state index is 4.20. The van der Waals surface area contributed by atoms with Crippen molar-refractivity contribution < 1.29 is 0 Å². The van der Waals surface area contributed by atoms with Crippen LogP contribution in [0.25, 0.3) is 0 Å². The molecule has 1 saturated heterocycles. The Morgan fingerprint density at radius 2 is 2.40 bits per heavy atom. The van der Waals surface area contributed by atoms with Gasteiger partial charge in [-0.3, -0.25) is 0 Å². The van der Waals surface area contributed by atoms with E-state index in [9.17, 15) is 0 Å². The van der Waals surface area contributed by atoms with Crippen molar-refractivity contribution in [2.75, 3.05) is 18.8 Å². The SMILES string of the molecule is SCCCC1CCCNC1. The quantitative estimate of drug-likeness (QED) is 0.597. The molecule has 1 N–H and O–H groups in total. The van der Waals surface area contributed by atoms with Gasteiger partial charge in [0.25, 0.3) is 0 Å². The van der Waals surface area contributed by atoms with Crippen LogP contribution in [0, 0.1) is 5.92 Å². The molecule has 1 unspecified atom stereocenters. The molecule has 10 heavy (non-hydrogen) atoms. The van der Waals surface area contributed by atoms with Gasteiger partial charge in [0.2, 0.25) is 0 Å². The zero-order chi connectivity index (χ0) is 7.23. The fraction of sp³-hybridized carbons (Fsp3) is 1.00. The van der Waals surface area contributed by atoms with Gasteiger partial charge in [-0.2, -0.15) is 12.6 Å². The molecule has 1 aliphatic heterocycles. The first-order valence-corrected chi connectivity index (χ1v) is 4.88. The Morgan fingerprint density at radius 1 is 1.50 bits per heavy atom. The highest BCUT2D eigenvalue weighted by Gasteiger charge is 2.11. The van der Waals surface area contributed by atoms with Crippen molar-refractivity contribution in [2.24, 2.45) is 5.92 Å². The van der Waals surface area contributed by atoms with E-state index in [4.69, 9.17) is 0 Å². The fourth-order valence-electron chi connectivity index (χ4n) is 1.55. The topological polar surface area (TPSA) is 12.0 Å². The third-order valence-corrected chi connectivity index (χ3v) is 2.49. The van der Waals surface area contributed by atoms with Crippen LogP contribution in [0.5, 0.6) is 0 Å². The van der Waals surface area contributed by atoms with Gasteiger partial charge in [0.05, 0.1) is 0 Å². The first-order chi connectivity index (χ1) is 4.93. The van der Waals surface area contributed by atoms with Crippen LogP contribution in [-0.2, 0) is 0 Å². The summed E-state index contributed by atoms with van der Waals surface area (Å²) >= 11 is 4.20. The van der Waals surface area contributed by atoms with Gasteiger partial charge in [-0.1, -0.05) is 0 Å². The minimum atomic E-state index is 0.945. The first kappa shape index (κ1) is 8.41. The molecule has 0 saturated carbocycles. The molecule has 1 nitrogen and oxygen atoms in total. The second kappa shape index (κ2) is 5.03. The Balaban J connectivity index is 2.02. The van der Waals surface area contributed by atoms with Crippen LogP contribution < -0.4 is 5.32 Å². The predicted octanol–water partition coefficient (Wildman–Crippen LogP) is 1.70. The fourth-order valence-corrected chi connectivity index (χ4v) is 1.73. The van der Waals surface area contributed by atoms with Gasteiger partial charge in [-0.25, -0.2) is 0 Å². The molecule has 1 fully saturated rings. The molecule has 0 aromatic rings. The largest absolute Gasteiger partial charge is 0.316 e. The molecule has 0 amide bonds. The zero-order valence-corrected chi connectivity index (χ0v) is 7.37. The molecule has 1 heterocycles. The van der Waals surface area contributed by atoms with Crippen LogP contribution in [0.3, 0.4) is 0 Å². The van der Waals surface area contributed by atoms with E-state index >= 15 is 0 Å². The molecule has 1 rings (SSSR count). The van der Waals surface area contributed by atoms with Gasteiger partial charge >= 0.3 is 0 Å². The molecule has 0 radical (unpaired) electrons. The van der Waals surface area contributed by atoms with E-state index in [1.54, 1.807) is 0 Å². The van der Waals surface area contributed by atoms with E-state index < -0.39 is 0 Å². The normalized spacial score (nSPS) is 26.7. The number of thiol groups is 1. The molecule has 0 spiro atoms. The Kier molecular flexibility index (Phi) is 4.23. The van der Waals surface area contributed by atoms with Crippen LogP contribution in [0.1, 0.15) is 25.7 Å². The van der Waals surface area contributed by atoms with Crippen LogP contribution in [-0.4, -0.2) is 18.8 Å². The van der Waals surface area contributed by atoms with Gasteiger partial charge < -0.3 is 5.32 Å². The molecule has 0 aromatic heterocycles. The molecule has 0 aromatic carbocycles. The molecule has 2 heteroatoms. The summed E-state index contributed by atoms with van der Waals surface area (Å²) in [6, 6.07) is 0. The average Bonchev–Trinajstić information content (AvgIpc) is 2.03. The monoisotopic (exact) mass is 159 g/mol. The van der Waals surface area contributed by atoms with E-state index in [-0.39, 0.29) is 0 Å². The highest BCUT2D eigenvalue weighted by Crippen LogP contribution is 2.15. The van der Waals surface area contributed by atoms with Crippen LogP contribution in [0.2, 0.25) is 0 Å². The van der Waals surface area contributed by atoms with E-state index in [1.807, 2.05) is 0 Å². The summed E-state index contributed by atoms with van der Waals surface area (Å²) in [6.45, 7) is 2.48. The van der Waals surface area contributed by atoms with Crippen LogP contribution >= 0.6 is 12.6 Å². The van der Waals surface area contributed by atoms with Crippen molar-refractivity contribution >= 4 is 12.6 Å². The van der Waals surface area contributed by atoms with E-state index in [2.05, 4.69) is 17.9 Å². The lowest BCUT2D eigenvalue weighted by molar-refractivity contribution is 0.356. The Labute approximate surface area is 69.0 Å². The maximum absolute atomic E-state index is 4.20. The van der Waals surface area contributed by atoms with E-state index in [0.29, 0.717) is 0 Å². The molecule has 0 bridgehead atoms. The van der Waals surface area contributed by atoms with Crippen LogP contribution in [0.4, 0.5) is 0 Å². The molecular formula is C8H17NS. The van der Waals surface area contributed by atoms with Crippen molar-refractivity contribution in [3.8, 4) is 0 Å². The zero-order valence-electron chi connectivity index (χ0n) is 6.47. The van der Waals surface area contributed by atoms with Crippen molar-refractivity contribution in [1.29, 1.82) is 0 Å². The number of rotatable bonds is 3. The smallest absolute Gasteiger partial charge is 0.00205 e. The minimum absolute atomic E-state index is 0.945. The second-order valence-corrected chi connectivity index (χ2v) is 3.53. The lowest BCUT2D eigenvalue weighted by Crippen LogP contribution is -2.29. The summed E-state index contributed by atoms with van der Waals surface area (Å²) < 4.78 is 0. The Bertz CT molecular complexity index is 79.3. The summed E-state index contributed by atoms with van der Waals surface area (Å²) in [4.78, 5) is 0. The molecule has 0 aliphatic carbocycles. The predicted molar refractivity (Wildman–Crippen MR) is 48.7 cm³/mol. The van der Waals surface area contributed by atoms with Crippen molar-refractivity contribution in [3.05, 3.63) is 0 Å². The summed E-state index contributed by atoms with van der Waals surface area (Å²) in [5, 5.41) is 3.42. The number of hydrogen-bond donors (Lipinski definition) is 2. The van der Waals surface area contributed by atoms with Crippen molar-refractivity contribution in [1.82, 2.24) is 5.32 Å². The van der Waals surface area contributed by atoms with Gasteiger partial charge in [0.1, 0.15) is 0 Å². The molecular weight excluding hydrogens is 142 g/mol. The highest BCUT2D eigenvalue weighted by molar-refractivity contribution is 7.80. The van der Waals surface area contributed by atoms with Gasteiger partial charge in [-0.15, -0.1) is 0 Å². The van der Waals surface area contributed by atoms with Crippen molar-refractivity contribution in [3.63, 3.8) is 0 Å². The maximum Gasteiger partial charge on any atom is -0.00205 e. The van der Waals surface area contributed by atoms with Gasteiger partial charge in [-0.05, 0) is 50.4 Å². The van der Waals surface area contributed by atoms with E-state index in [1.165, 1.54) is 38.8 Å². The lowest BCUT2D eigenvalue weighted by Gasteiger charge is -2.22. The standard InChI is InChI=1S/C8H17NS/c10-6-2-4-8-3-1-5-9-7-8/h8-10H,1-7H2. The van der Waals surface area contributed by atoms with Crippen molar-refractivity contribution in [2.45, 2.75) is 25.7 Å². The van der Waals surface area contributed by atoms with Crippen LogP contribution in [0.15, 0.2) is 0 Å². The first-order valence-electron chi connectivity index (χ1n) is 4.25. The number of nitrogens with one attached hydrogen (secondary N) is 1. The minimum Gasteiger partial charge on any atom is -0.316 e. The third kappa shape index (κ3) is 2.93. The van der Waals surface area contributed by atoms with E-state index in [0.717, 1.165) is 11.7 Å². The summed E-state index contributed by atoms with van der Waals surface area (Å²) in [5.74, 6) is 2.00. The molecule has 1 atom stereocenters. The van der Waals surface area contributed by atoms with Gasteiger partial charge in [0.15, 0.2) is 0 Å². The highest BCUT2D eigenvalue weighted by atomic mass is 32.1. The number of piperidine rings is 1. The number of hydrogen-bond acceptors (Lipinski definition) is 2. The summed E-state index contributed by atoms with van der Waals surface area (Å²) in [6.07, 6.45) is 5.46. The lowest BCUT2D eigenvalue weighted by atomic mass is 9.95.